The standard InChI is InChI=1S/C23H34N6O2/c1-2-24-22(26-16-19-8-3-4-9-20(19)31-17-18-11-12-18)25-13-7-15-29-23(30)28-14-6-5-10-21(28)27-29/h3-4,8-9,18H,2,5-7,10-17H2,1H3,(H2,24,25,26). The molecule has 2 N–H and O–H groups in total. The van der Waals surface area contributed by atoms with Gasteiger partial charge >= 0.3 is 5.69 Å². The molecule has 0 bridgehead atoms. The minimum Gasteiger partial charge on any atom is -0.493 e. The SMILES string of the molecule is CCNC(=NCc1ccccc1OCC1CC1)NCCCn1nc2n(c1=O)CCCC2. The highest BCUT2D eigenvalue weighted by molar-refractivity contribution is 5.79. The molecule has 0 atom stereocenters. The minimum atomic E-state index is 0.0260. The van der Waals surface area contributed by atoms with E-state index < -0.39 is 0 Å². The van der Waals surface area contributed by atoms with Gasteiger partial charge in [-0.15, -0.1) is 0 Å². The Morgan fingerprint density at radius 2 is 2.13 bits per heavy atom. The summed E-state index contributed by atoms with van der Waals surface area (Å²) in [6.45, 7) is 6.34. The third kappa shape index (κ3) is 5.89. The third-order valence-electron chi connectivity index (χ3n) is 5.77. The Kier molecular flexibility index (Phi) is 7.27. The summed E-state index contributed by atoms with van der Waals surface area (Å²) < 4.78 is 9.43. The summed E-state index contributed by atoms with van der Waals surface area (Å²) in [5.41, 5.74) is 1.12. The van der Waals surface area contributed by atoms with Crippen molar-refractivity contribution in [1.29, 1.82) is 0 Å². The second-order valence-electron chi connectivity index (χ2n) is 8.37. The van der Waals surface area contributed by atoms with Crippen molar-refractivity contribution < 1.29 is 4.74 Å². The molecule has 0 saturated heterocycles. The number of para-hydroxylation sites is 1. The summed E-state index contributed by atoms with van der Waals surface area (Å²) in [6.07, 6.45) is 6.46. The summed E-state index contributed by atoms with van der Waals surface area (Å²) in [6, 6.07) is 8.13. The molecule has 0 radical (unpaired) electrons. The molecule has 0 amide bonds. The second-order valence-corrected chi connectivity index (χ2v) is 8.37. The zero-order chi connectivity index (χ0) is 21.5. The van der Waals surface area contributed by atoms with Gasteiger partial charge in [0.25, 0.3) is 0 Å². The van der Waals surface area contributed by atoms with Crippen LogP contribution in [0.25, 0.3) is 0 Å². The van der Waals surface area contributed by atoms with Gasteiger partial charge in [-0.1, -0.05) is 18.2 Å². The highest BCUT2D eigenvalue weighted by Crippen LogP contribution is 2.30. The molecule has 1 aromatic carbocycles. The molecule has 31 heavy (non-hydrogen) atoms. The van der Waals surface area contributed by atoms with Crippen LogP contribution in [-0.2, 0) is 26.1 Å². The number of ether oxygens (including phenoxy) is 1. The van der Waals surface area contributed by atoms with E-state index in [-0.39, 0.29) is 5.69 Å². The molecule has 1 aliphatic heterocycles. The number of fused-ring (bicyclic) bond motifs is 1. The van der Waals surface area contributed by atoms with Gasteiger partial charge in [-0.25, -0.2) is 14.5 Å². The molecule has 2 aromatic rings. The van der Waals surface area contributed by atoms with E-state index in [0.717, 1.165) is 80.9 Å². The summed E-state index contributed by atoms with van der Waals surface area (Å²) in [5.74, 6) is 3.36. The van der Waals surface area contributed by atoms with Crippen LogP contribution in [0.2, 0.25) is 0 Å². The van der Waals surface area contributed by atoms with Crippen LogP contribution in [0.4, 0.5) is 0 Å². The van der Waals surface area contributed by atoms with E-state index in [1.54, 1.807) is 4.68 Å². The van der Waals surface area contributed by atoms with E-state index in [1.807, 2.05) is 22.8 Å². The van der Waals surface area contributed by atoms with Gasteiger partial charge in [0.2, 0.25) is 0 Å². The van der Waals surface area contributed by atoms with Gasteiger partial charge in [-0.3, -0.25) is 4.57 Å². The number of rotatable bonds is 10. The molecule has 1 fully saturated rings. The molecule has 1 aliphatic carbocycles. The van der Waals surface area contributed by atoms with Crippen LogP contribution < -0.4 is 21.1 Å². The first kappa shape index (κ1) is 21.5. The summed E-state index contributed by atoms with van der Waals surface area (Å²) >= 11 is 0. The molecular weight excluding hydrogens is 392 g/mol. The largest absolute Gasteiger partial charge is 0.493 e. The molecule has 4 rings (SSSR count). The van der Waals surface area contributed by atoms with Gasteiger partial charge in [-0.05, 0) is 51.0 Å². The quantitative estimate of drug-likeness (QED) is 0.346. The van der Waals surface area contributed by atoms with E-state index >= 15 is 0 Å². The molecule has 2 aliphatic rings. The molecule has 2 heterocycles. The molecule has 0 spiro atoms. The zero-order valence-electron chi connectivity index (χ0n) is 18.5. The first-order valence-electron chi connectivity index (χ1n) is 11.6. The Balaban J connectivity index is 1.28. The lowest BCUT2D eigenvalue weighted by Gasteiger charge is -2.13. The second kappa shape index (κ2) is 10.5. The number of guanidine groups is 1. The van der Waals surface area contributed by atoms with Gasteiger partial charge in [0.05, 0.1) is 13.2 Å². The lowest BCUT2D eigenvalue weighted by Crippen LogP contribution is -2.38. The predicted octanol–water partition coefficient (Wildman–Crippen LogP) is 2.32. The van der Waals surface area contributed by atoms with E-state index in [1.165, 1.54) is 12.8 Å². The lowest BCUT2D eigenvalue weighted by atomic mass is 10.2. The normalized spacial score (nSPS) is 16.1. The molecule has 8 heteroatoms. The van der Waals surface area contributed by atoms with Crippen molar-refractivity contribution in [2.24, 2.45) is 10.9 Å². The van der Waals surface area contributed by atoms with Crippen molar-refractivity contribution in [3.8, 4) is 5.75 Å². The fourth-order valence-corrected chi connectivity index (χ4v) is 3.80. The molecule has 8 nitrogen and oxygen atoms in total. The highest BCUT2D eigenvalue weighted by atomic mass is 16.5. The number of aryl methyl sites for hydroxylation is 2. The van der Waals surface area contributed by atoms with Crippen LogP contribution >= 0.6 is 0 Å². The van der Waals surface area contributed by atoms with Crippen molar-refractivity contribution >= 4 is 5.96 Å². The summed E-state index contributed by atoms with van der Waals surface area (Å²) in [5, 5.41) is 11.2. The number of benzene rings is 1. The van der Waals surface area contributed by atoms with Gasteiger partial charge in [0.1, 0.15) is 11.6 Å². The average Bonchev–Trinajstić information content (AvgIpc) is 3.57. The third-order valence-corrected chi connectivity index (χ3v) is 5.77. The molecule has 0 unspecified atom stereocenters. The number of aliphatic imine (C=N–C) groups is 1. The maximum atomic E-state index is 12.4. The van der Waals surface area contributed by atoms with Crippen LogP contribution in [0.1, 0.15) is 50.4 Å². The van der Waals surface area contributed by atoms with Crippen molar-refractivity contribution in [2.75, 3.05) is 19.7 Å². The van der Waals surface area contributed by atoms with E-state index in [9.17, 15) is 4.79 Å². The van der Waals surface area contributed by atoms with E-state index in [4.69, 9.17) is 9.73 Å². The Bertz CT molecular complexity index is 944. The number of nitrogens with one attached hydrogen (secondary N) is 2. The maximum absolute atomic E-state index is 12.4. The Labute approximate surface area is 183 Å². The topological polar surface area (TPSA) is 85.5 Å². The van der Waals surface area contributed by atoms with Gasteiger partial charge in [0, 0.05) is 38.2 Å². The van der Waals surface area contributed by atoms with Crippen LogP contribution in [0.15, 0.2) is 34.1 Å². The van der Waals surface area contributed by atoms with Crippen molar-refractivity contribution in [1.82, 2.24) is 25.0 Å². The Morgan fingerprint density at radius 3 is 2.94 bits per heavy atom. The number of hydrogen-bond donors (Lipinski definition) is 2. The average molecular weight is 427 g/mol. The van der Waals surface area contributed by atoms with Gasteiger partial charge in [-0.2, -0.15) is 5.10 Å². The summed E-state index contributed by atoms with van der Waals surface area (Å²) in [4.78, 5) is 17.2. The predicted molar refractivity (Wildman–Crippen MR) is 122 cm³/mol. The van der Waals surface area contributed by atoms with Crippen molar-refractivity contribution in [3.05, 3.63) is 46.1 Å². The van der Waals surface area contributed by atoms with Crippen LogP contribution in [0, 0.1) is 5.92 Å². The molecule has 1 saturated carbocycles. The lowest BCUT2D eigenvalue weighted by molar-refractivity contribution is 0.297. The smallest absolute Gasteiger partial charge is 0.345 e. The summed E-state index contributed by atoms with van der Waals surface area (Å²) in [7, 11) is 0. The highest BCUT2D eigenvalue weighted by Gasteiger charge is 2.22. The monoisotopic (exact) mass is 426 g/mol. The molecular formula is C23H34N6O2. The maximum Gasteiger partial charge on any atom is 0.345 e. The van der Waals surface area contributed by atoms with Crippen molar-refractivity contribution in [2.45, 2.75) is 65.1 Å². The fourth-order valence-electron chi connectivity index (χ4n) is 3.80. The fraction of sp³-hybridized carbons (Fsp3) is 0.609. The van der Waals surface area contributed by atoms with E-state index in [0.29, 0.717) is 13.1 Å². The number of aromatic nitrogens is 3. The molecule has 168 valence electrons. The Morgan fingerprint density at radius 1 is 1.26 bits per heavy atom. The number of nitrogens with zero attached hydrogens (tertiary/aromatic N) is 4. The van der Waals surface area contributed by atoms with Crippen LogP contribution in [-0.4, -0.2) is 40.0 Å². The minimum absolute atomic E-state index is 0.0260. The van der Waals surface area contributed by atoms with E-state index in [2.05, 4.69) is 28.7 Å². The van der Waals surface area contributed by atoms with Crippen LogP contribution in [0.5, 0.6) is 5.75 Å². The van der Waals surface area contributed by atoms with Crippen LogP contribution in [0.3, 0.4) is 0 Å². The van der Waals surface area contributed by atoms with Gasteiger partial charge < -0.3 is 15.4 Å². The number of hydrogen-bond acceptors (Lipinski definition) is 4. The first-order valence-corrected chi connectivity index (χ1v) is 11.6. The van der Waals surface area contributed by atoms with Gasteiger partial charge in [0.15, 0.2) is 5.96 Å². The zero-order valence-corrected chi connectivity index (χ0v) is 18.5. The Hall–Kier alpha value is -2.77. The van der Waals surface area contributed by atoms with Crippen molar-refractivity contribution in [3.63, 3.8) is 0 Å². The molecule has 1 aromatic heterocycles. The first-order chi connectivity index (χ1) is 15.2.